The fourth-order valence-corrected chi connectivity index (χ4v) is 2.56. The third kappa shape index (κ3) is 3.74. The van der Waals surface area contributed by atoms with Crippen LogP contribution in [0.1, 0.15) is 16.7 Å². The van der Waals surface area contributed by atoms with Gasteiger partial charge in [0.2, 0.25) is 0 Å². The van der Waals surface area contributed by atoms with Crippen molar-refractivity contribution in [3.63, 3.8) is 0 Å². The number of aryl methyl sites for hydroxylation is 1. The Bertz CT molecular complexity index is 963. The standard InChI is InChI=1S/C19H13F3N2O3/c1-11-5-7-14(8-6-11)24-17(26)15(16(25)23-18(24)27)10-12-3-2-4-13(9-12)19(20,21)22/h2-10H,1H3,(H,23,25,27)/b15-10+. The number of alkyl halides is 3. The highest BCUT2D eigenvalue weighted by Crippen LogP contribution is 2.30. The van der Waals surface area contributed by atoms with Crippen LogP contribution in [0, 0.1) is 6.92 Å². The number of amides is 4. The second-order valence-corrected chi connectivity index (χ2v) is 5.92. The normalized spacial score (nSPS) is 16.7. The van der Waals surface area contributed by atoms with E-state index in [0.29, 0.717) is 0 Å². The zero-order valence-corrected chi connectivity index (χ0v) is 14.0. The van der Waals surface area contributed by atoms with Crippen molar-refractivity contribution in [3.8, 4) is 0 Å². The summed E-state index contributed by atoms with van der Waals surface area (Å²) in [5.41, 5.74) is -0.187. The predicted molar refractivity (Wildman–Crippen MR) is 91.6 cm³/mol. The van der Waals surface area contributed by atoms with E-state index in [1.54, 1.807) is 12.1 Å². The Hall–Kier alpha value is -3.42. The Morgan fingerprint density at radius 2 is 1.67 bits per heavy atom. The van der Waals surface area contributed by atoms with Crippen LogP contribution in [0.25, 0.3) is 6.08 Å². The average Bonchev–Trinajstić information content (AvgIpc) is 2.60. The summed E-state index contributed by atoms with van der Waals surface area (Å²) < 4.78 is 38.5. The van der Waals surface area contributed by atoms with E-state index in [-0.39, 0.29) is 11.3 Å². The maximum absolute atomic E-state index is 12.8. The summed E-state index contributed by atoms with van der Waals surface area (Å²) in [6.07, 6.45) is -3.53. The number of carbonyl (C=O) groups excluding carboxylic acids is 3. The highest BCUT2D eigenvalue weighted by Gasteiger charge is 2.37. The van der Waals surface area contributed by atoms with Crippen molar-refractivity contribution in [1.82, 2.24) is 5.32 Å². The minimum absolute atomic E-state index is 0.0153. The second kappa shape index (κ2) is 6.71. The van der Waals surface area contributed by atoms with Gasteiger partial charge in [0.05, 0.1) is 11.3 Å². The average molecular weight is 374 g/mol. The lowest BCUT2D eigenvalue weighted by atomic mass is 10.0. The molecule has 1 fully saturated rings. The van der Waals surface area contributed by atoms with Crippen LogP contribution in [0.4, 0.5) is 23.7 Å². The van der Waals surface area contributed by atoms with Crippen LogP contribution in [-0.4, -0.2) is 17.8 Å². The molecule has 1 aliphatic heterocycles. The van der Waals surface area contributed by atoms with Crippen molar-refractivity contribution < 1.29 is 27.6 Å². The van der Waals surface area contributed by atoms with Gasteiger partial charge in [-0.2, -0.15) is 13.2 Å². The Labute approximate surface area is 152 Å². The van der Waals surface area contributed by atoms with Crippen LogP contribution in [-0.2, 0) is 15.8 Å². The summed E-state index contributed by atoms with van der Waals surface area (Å²) in [5, 5.41) is 2.02. The number of halogens is 3. The highest BCUT2D eigenvalue weighted by molar-refractivity contribution is 6.39. The molecule has 0 unspecified atom stereocenters. The van der Waals surface area contributed by atoms with Crippen LogP contribution in [0.2, 0.25) is 0 Å². The largest absolute Gasteiger partial charge is 0.416 e. The fourth-order valence-electron chi connectivity index (χ4n) is 2.56. The Morgan fingerprint density at radius 3 is 2.30 bits per heavy atom. The minimum atomic E-state index is -4.56. The molecule has 0 saturated carbocycles. The maximum Gasteiger partial charge on any atom is 0.416 e. The van der Waals surface area contributed by atoms with Gasteiger partial charge in [0.1, 0.15) is 5.57 Å². The molecule has 0 aromatic heterocycles. The first-order valence-electron chi connectivity index (χ1n) is 7.82. The molecule has 1 aliphatic rings. The number of nitrogens with one attached hydrogen (secondary N) is 1. The van der Waals surface area contributed by atoms with Crippen molar-refractivity contribution in [2.24, 2.45) is 0 Å². The number of nitrogens with zero attached hydrogens (tertiary/aromatic N) is 1. The van der Waals surface area contributed by atoms with E-state index in [1.807, 2.05) is 12.2 Å². The topological polar surface area (TPSA) is 66.5 Å². The van der Waals surface area contributed by atoms with Crippen molar-refractivity contribution in [2.45, 2.75) is 13.1 Å². The molecule has 0 radical (unpaired) electrons. The Balaban J connectivity index is 2.01. The van der Waals surface area contributed by atoms with Crippen LogP contribution in [0.3, 0.4) is 0 Å². The van der Waals surface area contributed by atoms with E-state index < -0.39 is 35.2 Å². The maximum atomic E-state index is 12.8. The van der Waals surface area contributed by atoms with Gasteiger partial charge in [0, 0.05) is 0 Å². The number of benzene rings is 2. The van der Waals surface area contributed by atoms with Crippen LogP contribution in [0.5, 0.6) is 0 Å². The molecule has 1 heterocycles. The van der Waals surface area contributed by atoms with Gasteiger partial charge in [-0.1, -0.05) is 29.8 Å². The first-order valence-corrected chi connectivity index (χ1v) is 7.82. The molecular formula is C19H13F3N2O3. The third-order valence-corrected chi connectivity index (χ3v) is 3.92. The zero-order valence-electron chi connectivity index (χ0n) is 14.0. The quantitative estimate of drug-likeness (QED) is 0.644. The third-order valence-electron chi connectivity index (χ3n) is 3.92. The molecular weight excluding hydrogens is 361 g/mol. The highest BCUT2D eigenvalue weighted by atomic mass is 19.4. The lowest BCUT2D eigenvalue weighted by Gasteiger charge is -2.26. The van der Waals surface area contributed by atoms with E-state index in [0.717, 1.165) is 28.7 Å². The summed E-state index contributed by atoms with van der Waals surface area (Å²) in [5.74, 6) is -1.88. The monoisotopic (exact) mass is 374 g/mol. The number of carbonyl (C=O) groups is 3. The molecule has 138 valence electrons. The van der Waals surface area contributed by atoms with Gasteiger partial charge in [-0.25, -0.2) is 9.69 Å². The molecule has 3 rings (SSSR count). The molecule has 27 heavy (non-hydrogen) atoms. The smallest absolute Gasteiger partial charge is 0.273 e. The summed E-state index contributed by atoms with van der Waals surface area (Å²) in [6, 6.07) is 9.71. The van der Waals surface area contributed by atoms with Gasteiger partial charge in [0.15, 0.2) is 0 Å². The van der Waals surface area contributed by atoms with Gasteiger partial charge in [-0.15, -0.1) is 0 Å². The van der Waals surface area contributed by atoms with E-state index in [9.17, 15) is 27.6 Å². The van der Waals surface area contributed by atoms with Gasteiger partial charge < -0.3 is 0 Å². The summed E-state index contributed by atoms with van der Waals surface area (Å²) >= 11 is 0. The summed E-state index contributed by atoms with van der Waals surface area (Å²) in [6.45, 7) is 1.82. The number of imide groups is 2. The van der Waals surface area contributed by atoms with Crippen LogP contribution in [0.15, 0.2) is 54.1 Å². The van der Waals surface area contributed by atoms with Crippen molar-refractivity contribution >= 4 is 29.6 Å². The van der Waals surface area contributed by atoms with Crippen molar-refractivity contribution in [1.29, 1.82) is 0 Å². The number of hydrogen-bond donors (Lipinski definition) is 1. The second-order valence-electron chi connectivity index (χ2n) is 5.92. The van der Waals surface area contributed by atoms with E-state index in [4.69, 9.17) is 0 Å². The fraction of sp³-hybridized carbons (Fsp3) is 0.105. The number of barbiturate groups is 1. The SMILES string of the molecule is Cc1ccc(N2C(=O)NC(=O)/C(=C\c3cccc(C(F)(F)F)c3)C2=O)cc1. The summed E-state index contributed by atoms with van der Waals surface area (Å²) in [7, 11) is 0. The Kier molecular flexibility index (Phi) is 4.57. The van der Waals surface area contributed by atoms with E-state index >= 15 is 0 Å². The minimum Gasteiger partial charge on any atom is -0.273 e. The molecule has 4 amide bonds. The van der Waals surface area contributed by atoms with Gasteiger partial charge in [-0.05, 0) is 42.8 Å². The van der Waals surface area contributed by atoms with E-state index in [2.05, 4.69) is 0 Å². The number of anilines is 1. The molecule has 0 bridgehead atoms. The molecule has 0 spiro atoms. The summed E-state index contributed by atoms with van der Waals surface area (Å²) in [4.78, 5) is 37.6. The van der Waals surface area contributed by atoms with E-state index in [1.165, 1.54) is 24.3 Å². The van der Waals surface area contributed by atoms with Gasteiger partial charge in [0.25, 0.3) is 11.8 Å². The Morgan fingerprint density at radius 1 is 1.00 bits per heavy atom. The molecule has 8 heteroatoms. The number of hydrogen-bond acceptors (Lipinski definition) is 3. The number of rotatable bonds is 2. The molecule has 0 aliphatic carbocycles. The van der Waals surface area contributed by atoms with Crippen molar-refractivity contribution in [2.75, 3.05) is 4.90 Å². The predicted octanol–water partition coefficient (Wildman–Crippen LogP) is 3.68. The molecule has 1 saturated heterocycles. The first-order chi connectivity index (χ1) is 12.7. The first kappa shape index (κ1) is 18.4. The van der Waals surface area contributed by atoms with Gasteiger partial charge in [-0.3, -0.25) is 14.9 Å². The van der Waals surface area contributed by atoms with Crippen LogP contribution >= 0.6 is 0 Å². The van der Waals surface area contributed by atoms with Gasteiger partial charge >= 0.3 is 12.2 Å². The molecule has 0 atom stereocenters. The zero-order chi connectivity index (χ0) is 19.8. The lowest BCUT2D eigenvalue weighted by molar-refractivity contribution is -0.137. The van der Waals surface area contributed by atoms with Crippen LogP contribution < -0.4 is 10.2 Å². The lowest BCUT2D eigenvalue weighted by Crippen LogP contribution is -2.54. The molecule has 2 aromatic carbocycles. The molecule has 5 nitrogen and oxygen atoms in total. The molecule has 1 N–H and O–H groups in total. The van der Waals surface area contributed by atoms with Crippen molar-refractivity contribution in [3.05, 3.63) is 70.8 Å². The molecule has 2 aromatic rings. The number of urea groups is 1.